The average molecular weight is 421 g/mol. The summed E-state index contributed by atoms with van der Waals surface area (Å²) in [6, 6.07) is 13.2. The smallest absolute Gasteiger partial charge is 0.119 e. The number of aryl methyl sites for hydroxylation is 1. The number of aliphatic hydroxyl groups is 1. The van der Waals surface area contributed by atoms with Gasteiger partial charge in [0.25, 0.3) is 0 Å². The number of nitrogens with zero attached hydrogens (tertiary/aromatic N) is 1. The fraction of sp³-hybridized carbons (Fsp3) is 0.385. The van der Waals surface area contributed by atoms with Gasteiger partial charge in [0, 0.05) is 18.3 Å². The molecular weight excluding hydrogens is 388 g/mol. The minimum absolute atomic E-state index is 0.0536. The highest BCUT2D eigenvalue weighted by Crippen LogP contribution is 2.38. The van der Waals surface area contributed by atoms with Crippen LogP contribution in [0.2, 0.25) is 0 Å². The van der Waals surface area contributed by atoms with Gasteiger partial charge in [0.2, 0.25) is 0 Å². The first kappa shape index (κ1) is 21.5. The molecule has 1 fully saturated rings. The maximum absolute atomic E-state index is 10.1. The molecule has 164 valence electrons. The molecule has 0 bridgehead atoms. The number of H-pyrrole nitrogens is 1. The third-order valence-corrected chi connectivity index (χ3v) is 6.14. The Balaban J connectivity index is 1.58. The van der Waals surface area contributed by atoms with E-state index in [9.17, 15) is 10.2 Å². The van der Waals surface area contributed by atoms with Crippen molar-refractivity contribution in [3.05, 3.63) is 59.8 Å². The van der Waals surface area contributed by atoms with Crippen molar-refractivity contribution in [3.63, 3.8) is 0 Å². The number of ether oxygens (including phenoxy) is 1. The Kier molecular flexibility index (Phi) is 6.95. The first-order chi connectivity index (χ1) is 15.2. The summed E-state index contributed by atoms with van der Waals surface area (Å²) in [5, 5.41) is 19.8. The summed E-state index contributed by atoms with van der Waals surface area (Å²) < 4.78 is 6.02. The molecule has 5 nitrogen and oxygen atoms in total. The lowest BCUT2D eigenvalue weighted by atomic mass is 9.93. The molecule has 0 amide bonds. The average Bonchev–Trinajstić information content (AvgIpc) is 3.24. The molecule has 0 unspecified atom stereocenters. The Morgan fingerprint density at radius 2 is 1.77 bits per heavy atom. The van der Waals surface area contributed by atoms with E-state index in [1.54, 1.807) is 12.1 Å². The normalized spacial score (nSPS) is 14.6. The van der Waals surface area contributed by atoms with Crippen molar-refractivity contribution in [2.24, 2.45) is 0 Å². The zero-order chi connectivity index (χ0) is 21.6. The van der Waals surface area contributed by atoms with Gasteiger partial charge in [-0.2, -0.15) is 0 Å². The molecule has 1 aliphatic heterocycles. The van der Waals surface area contributed by atoms with Crippen molar-refractivity contribution < 1.29 is 14.9 Å². The fourth-order valence-electron chi connectivity index (χ4n) is 4.42. The second kappa shape index (κ2) is 10.0. The molecule has 1 saturated heterocycles. The first-order valence-corrected chi connectivity index (χ1v) is 11.3. The highest BCUT2D eigenvalue weighted by atomic mass is 16.5. The van der Waals surface area contributed by atoms with E-state index in [0.29, 0.717) is 6.61 Å². The molecule has 0 radical (unpaired) electrons. The maximum Gasteiger partial charge on any atom is 0.119 e. The van der Waals surface area contributed by atoms with Gasteiger partial charge in [-0.1, -0.05) is 19.4 Å². The van der Waals surface area contributed by atoms with Crippen molar-refractivity contribution in [1.82, 2.24) is 9.88 Å². The van der Waals surface area contributed by atoms with Crippen LogP contribution in [0.5, 0.6) is 11.5 Å². The van der Waals surface area contributed by atoms with Crippen molar-refractivity contribution >= 4 is 0 Å². The second-order valence-electron chi connectivity index (χ2n) is 8.19. The van der Waals surface area contributed by atoms with Crippen LogP contribution in [0.1, 0.15) is 37.3 Å². The predicted molar refractivity (Wildman–Crippen MR) is 124 cm³/mol. The van der Waals surface area contributed by atoms with Crippen LogP contribution in [-0.4, -0.2) is 46.3 Å². The minimum atomic E-state index is -0.0536. The van der Waals surface area contributed by atoms with Gasteiger partial charge < -0.3 is 19.9 Å². The number of hydrogen-bond acceptors (Lipinski definition) is 4. The quantitative estimate of drug-likeness (QED) is 0.481. The number of nitrogens with one attached hydrogen (secondary N) is 1. The number of phenolic OH excluding ortho intramolecular Hbond substituents is 1. The largest absolute Gasteiger partial charge is 0.508 e. The molecule has 2 heterocycles. The number of hydrogen-bond donors (Lipinski definition) is 3. The Hall–Kier alpha value is -2.76. The molecule has 4 rings (SSSR count). The van der Waals surface area contributed by atoms with E-state index in [1.807, 2.05) is 36.5 Å². The first-order valence-electron chi connectivity index (χ1n) is 11.3. The van der Waals surface area contributed by atoms with Gasteiger partial charge in [-0.05, 0) is 91.0 Å². The third-order valence-electron chi connectivity index (χ3n) is 6.14. The maximum atomic E-state index is 10.1. The monoisotopic (exact) mass is 420 g/mol. The number of aromatic nitrogens is 1. The Bertz CT molecular complexity index is 988. The van der Waals surface area contributed by atoms with Crippen LogP contribution in [0, 0.1) is 0 Å². The lowest BCUT2D eigenvalue weighted by Crippen LogP contribution is -2.33. The molecule has 0 spiro atoms. The molecule has 1 aromatic heterocycles. The van der Waals surface area contributed by atoms with Crippen LogP contribution < -0.4 is 4.74 Å². The van der Waals surface area contributed by atoms with Crippen LogP contribution >= 0.6 is 0 Å². The van der Waals surface area contributed by atoms with E-state index in [-0.39, 0.29) is 12.4 Å². The molecule has 3 aromatic rings. The molecule has 0 saturated carbocycles. The Labute approximate surface area is 184 Å². The standard InChI is InChI=1S/C26H32N2O3/c1-2-19-17-27-26(20-6-8-22(30)9-7-20)25(19)24-11-10-23(16-21(24)18-29)31-15-14-28-12-4-3-5-13-28/h6-11,16-17,27,29-30H,2-5,12-15,18H2,1H3. The zero-order valence-electron chi connectivity index (χ0n) is 18.2. The summed E-state index contributed by atoms with van der Waals surface area (Å²) in [7, 11) is 0. The summed E-state index contributed by atoms with van der Waals surface area (Å²) in [6.07, 6.45) is 6.81. The van der Waals surface area contributed by atoms with E-state index in [0.717, 1.165) is 59.8 Å². The second-order valence-corrected chi connectivity index (χ2v) is 8.19. The summed E-state index contributed by atoms with van der Waals surface area (Å²) >= 11 is 0. The van der Waals surface area contributed by atoms with Gasteiger partial charge in [0.05, 0.1) is 12.3 Å². The highest BCUT2D eigenvalue weighted by molar-refractivity contribution is 5.85. The van der Waals surface area contributed by atoms with Crippen molar-refractivity contribution in [2.45, 2.75) is 39.2 Å². The van der Waals surface area contributed by atoms with Crippen molar-refractivity contribution in [2.75, 3.05) is 26.2 Å². The Morgan fingerprint density at radius 1 is 1.00 bits per heavy atom. The summed E-state index contributed by atoms with van der Waals surface area (Å²) in [6.45, 7) is 6.01. The van der Waals surface area contributed by atoms with Crippen LogP contribution in [-0.2, 0) is 13.0 Å². The van der Waals surface area contributed by atoms with Crippen molar-refractivity contribution in [1.29, 1.82) is 0 Å². The number of likely N-dealkylation sites (tertiary alicyclic amines) is 1. The number of aromatic amines is 1. The Morgan fingerprint density at radius 3 is 2.48 bits per heavy atom. The van der Waals surface area contributed by atoms with Crippen LogP contribution in [0.4, 0.5) is 0 Å². The van der Waals surface area contributed by atoms with Gasteiger partial charge in [-0.15, -0.1) is 0 Å². The third kappa shape index (κ3) is 4.94. The van der Waals surface area contributed by atoms with E-state index in [4.69, 9.17) is 4.74 Å². The van der Waals surface area contributed by atoms with Gasteiger partial charge in [-0.3, -0.25) is 4.90 Å². The van der Waals surface area contributed by atoms with Gasteiger partial charge in [0.15, 0.2) is 0 Å². The van der Waals surface area contributed by atoms with E-state index < -0.39 is 0 Å². The molecule has 31 heavy (non-hydrogen) atoms. The zero-order valence-corrected chi connectivity index (χ0v) is 18.2. The number of aliphatic hydroxyl groups excluding tert-OH is 1. The lowest BCUT2D eigenvalue weighted by molar-refractivity contribution is 0.183. The van der Waals surface area contributed by atoms with Gasteiger partial charge in [0.1, 0.15) is 18.1 Å². The topological polar surface area (TPSA) is 68.7 Å². The number of rotatable bonds is 8. The van der Waals surface area contributed by atoms with Gasteiger partial charge >= 0.3 is 0 Å². The molecule has 1 aliphatic rings. The van der Waals surface area contributed by atoms with Crippen LogP contribution in [0.15, 0.2) is 48.7 Å². The molecule has 3 N–H and O–H groups in total. The SMILES string of the molecule is CCc1c[nH]c(-c2ccc(O)cc2)c1-c1ccc(OCCN2CCCCC2)cc1CO. The number of aromatic hydroxyl groups is 1. The van der Waals surface area contributed by atoms with Crippen LogP contribution in [0.25, 0.3) is 22.4 Å². The van der Waals surface area contributed by atoms with E-state index in [2.05, 4.69) is 16.8 Å². The number of phenols is 1. The molecule has 0 aliphatic carbocycles. The minimum Gasteiger partial charge on any atom is -0.508 e. The summed E-state index contributed by atoms with van der Waals surface area (Å²) in [4.78, 5) is 5.86. The van der Waals surface area contributed by atoms with Crippen molar-refractivity contribution in [3.8, 4) is 33.9 Å². The number of piperidine rings is 1. The van der Waals surface area contributed by atoms with E-state index in [1.165, 1.54) is 24.8 Å². The predicted octanol–water partition coefficient (Wildman–Crippen LogP) is 4.97. The highest BCUT2D eigenvalue weighted by Gasteiger charge is 2.18. The summed E-state index contributed by atoms with van der Waals surface area (Å²) in [5.74, 6) is 1.04. The number of benzene rings is 2. The van der Waals surface area contributed by atoms with Crippen LogP contribution in [0.3, 0.4) is 0 Å². The molecule has 2 aromatic carbocycles. The summed E-state index contributed by atoms with van der Waals surface area (Å²) in [5.41, 5.74) is 6.13. The van der Waals surface area contributed by atoms with Gasteiger partial charge in [-0.25, -0.2) is 0 Å². The molecular formula is C26H32N2O3. The lowest BCUT2D eigenvalue weighted by Gasteiger charge is -2.26. The molecule has 0 atom stereocenters. The molecule has 5 heteroatoms. The van der Waals surface area contributed by atoms with E-state index >= 15 is 0 Å². The fourth-order valence-corrected chi connectivity index (χ4v) is 4.42.